The predicted molar refractivity (Wildman–Crippen MR) is 68.2 cm³/mol. The summed E-state index contributed by atoms with van der Waals surface area (Å²) in [5.74, 6) is -0.506. The molecule has 11 heteroatoms. The Bertz CT molecular complexity index is 380. The van der Waals surface area contributed by atoms with Crippen LogP contribution in [0, 0.1) is 0 Å². The number of hydrogen-bond acceptors (Lipinski definition) is 7. The van der Waals surface area contributed by atoms with E-state index in [0.717, 1.165) is 4.90 Å². The fourth-order valence-electron chi connectivity index (χ4n) is 1.49. The van der Waals surface area contributed by atoms with Crippen LogP contribution >= 0.6 is 0 Å². The van der Waals surface area contributed by atoms with Gasteiger partial charge in [-0.05, 0) is 13.8 Å². The molecule has 1 fully saturated rings. The molecule has 0 unspecified atom stereocenters. The smallest absolute Gasteiger partial charge is 0.331 e. The molecule has 5 amide bonds. The first-order valence-electron chi connectivity index (χ1n) is 5.86. The topological polar surface area (TPSA) is 163 Å². The first-order chi connectivity index (χ1) is 9.77. The number of carbonyl (C=O) groups excluding carboxylic acids is 3. The highest BCUT2D eigenvalue weighted by Crippen LogP contribution is 2.25. The van der Waals surface area contributed by atoms with Crippen LogP contribution in [0.25, 0.3) is 0 Å². The summed E-state index contributed by atoms with van der Waals surface area (Å²) in [6.45, 7) is 0.988. The maximum atomic E-state index is 11.4. The summed E-state index contributed by atoms with van der Waals surface area (Å²) in [6.07, 6.45) is 0. The van der Waals surface area contributed by atoms with Crippen LogP contribution in [0.1, 0.15) is 13.8 Å². The minimum atomic E-state index is -1.07. The van der Waals surface area contributed by atoms with Crippen molar-refractivity contribution in [3.8, 4) is 0 Å². The zero-order valence-corrected chi connectivity index (χ0v) is 11.7. The van der Waals surface area contributed by atoms with E-state index in [1.807, 2.05) is 10.6 Å². The van der Waals surface area contributed by atoms with E-state index in [0.29, 0.717) is 4.90 Å². The number of urea groups is 2. The van der Waals surface area contributed by atoms with Crippen molar-refractivity contribution < 1.29 is 34.8 Å². The number of carbonyl (C=O) groups is 3. The normalized spacial score (nSPS) is 16.5. The number of hydrogen-bond donors (Lipinski definition) is 6. The summed E-state index contributed by atoms with van der Waals surface area (Å²) in [6, 6.07) is -1.25. The van der Waals surface area contributed by atoms with Gasteiger partial charge >= 0.3 is 12.1 Å². The van der Waals surface area contributed by atoms with E-state index in [-0.39, 0.29) is 0 Å². The van der Waals surface area contributed by atoms with Gasteiger partial charge in [0.2, 0.25) is 0 Å². The van der Waals surface area contributed by atoms with Gasteiger partial charge < -0.3 is 31.1 Å². The number of amides is 5. The predicted octanol–water partition coefficient (Wildman–Crippen LogP) is -2.89. The van der Waals surface area contributed by atoms with Crippen LogP contribution in [0.2, 0.25) is 0 Å². The minimum absolute atomic E-state index is 0.425. The van der Waals surface area contributed by atoms with Crippen LogP contribution in [0.3, 0.4) is 0 Å². The van der Waals surface area contributed by atoms with Crippen LogP contribution in [-0.4, -0.2) is 80.7 Å². The fraction of sp³-hybridized carbons (Fsp3) is 0.700. The lowest BCUT2D eigenvalue weighted by Crippen LogP contribution is -2.44. The Morgan fingerprint density at radius 2 is 1.52 bits per heavy atom. The van der Waals surface area contributed by atoms with Crippen molar-refractivity contribution in [2.45, 2.75) is 19.4 Å². The molecule has 21 heavy (non-hydrogen) atoms. The number of nitrogens with one attached hydrogen (secondary N) is 2. The van der Waals surface area contributed by atoms with Crippen molar-refractivity contribution in [1.29, 1.82) is 0 Å². The third-order valence-corrected chi connectivity index (χ3v) is 2.67. The van der Waals surface area contributed by atoms with Gasteiger partial charge in [0.1, 0.15) is 32.5 Å². The van der Waals surface area contributed by atoms with E-state index >= 15 is 0 Å². The van der Waals surface area contributed by atoms with Crippen molar-refractivity contribution in [1.82, 2.24) is 20.4 Å². The van der Waals surface area contributed by atoms with E-state index in [4.69, 9.17) is 20.4 Å². The minimum Gasteiger partial charge on any atom is -0.376 e. The van der Waals surface area contributed by atoms with Crippen molar-refractivity contribution in [2.24, 2.45) is 0 Å². The Hall–Kier alpha value is -1.95. The van der Waals surface area contributed by atoms with E-state index in [1.54, 1.807) is 0 Å². The molecule has 11 nitrogen and oxygen atoms in total. The summed E-state index contributed by atoms with van der Waals surface area (Å²) < 4.78 is 0. The first-order valence-corrected chi connectivity index (χ1v) is 5.86. The molecular formula is C10H20N4O7. The maximum Gasteiger partial charge on any atom is 0.331 e. The van der Waals surface area contributed by atoms with Crippen LogP contribution in [0.5, 0.6) is 0 Å². The van der Waals surface area contributed by atoms with Crippen molar-refractivity contribution in [2.75, 3.05) is 26.9 Å². The molecule has 0 aliphatic carbocycles. The zero-order valence-electron chi connectivity index (χ0n) is 11.7. The van der Waals surface area contributed by atoms with Gasteiger partial charge in [0, 0.05) is 0 Å². The highest BCUT2D eigenvalue weighted by molar-refractivity contribution is 6.06. The van der Waals surface area contributed by atoms with Gasteiger partial charge in [-0.15, -0.1) is 0 Å². The summed E-state index contributed by atoms with van der Waals surface area (Å²) in [7, 11) is 0. The lowest BCUT2D eigenvalue weighted by molar-refractivity contribution is -0.134. The quantitative estimate of drug-likeness (QED) is 0.240. The second-order valence-corrected chi connectivity index (χ2v) is 4.28. The van der Waals surface area contributed by atoms with Gasteiger partial charge in [0.25, 0.3) is 5.91 Å². The second-order valence-electron chi connectivity index (χ2n) is 4.28. The third-order valence-electron chi connectivity index (χ3n) is 2.67. The lowest BCUT2D eigenvalue weighted by atomic mass is 10.1. The van der Waals surface area contributed by atoms with Crippen LogP contribution in [0.4, 0.5) is 9.59 Å². The average molecular weight is 308 g/mol. The molecule has 1 saturated heterocycles. The summed E-state index contributed by atoms with van der Waals surface area (Å²) in [4.78, 5) is 34.5. The highest BCUT2D eigenvalue weighted by atomic mass is 16.3. The third kappa shape index (κ3) is 4.53. The number of rotatable bonds is 4. The number of nitrogens with zero attached hydrogens (tertiary/aromatic N) is 2. The van der Waals surface area contributed by atoms with E-state index in [1.165, 1.54) is 13.8 Å². The molecule has 1 rings (SSSR count). The summed E-state index contributed by atoms with van der Waals surface area (Å²) in [5.41, 5.74) is -1.07. The molecule has 0 saturated carbocycles. The van der Waals surface area contributed by atoms with Gasteiger partial charge in [0.15, 0.2) is 0 Å². The molecule has 1 aliphatic heterocycles. The molecular weight excluding hydrogens is 288 g/mol. The monoisotopic (exact) mass is 308 g/mol. The highest BCUT2D eigenvalue weighted by Gasteiger charge is 2.50. The van der Waals surface area contributed by atoms with Crippen LogP contribution < -0.4 is 10.6 Å². The Kier molecular flexibility index (Phi) is 7.59. The molecule has 0 spiro atoms. The molecule has 0 aromatic heterocycles. The molecule has 0 aromatic carbocycles. The summed E-state index contributed by atoms with van der Waals surface area (Å²) >= 11 is 0. The molecule has 6 N–H and O–H groups in total. The van der Waals surface area contributed by atoms with Gasteiger partial charge in [-0.3, -0.25) is 9.69 Å². The van der Waals surface area contributed by atoms with Gasteiger partial charge in [-0.25, -0.2) is 14.5 Å². The standard InChI is InChI=1S/C7H12N2O4.C3H8N2O3/c1-7(2)5(12)8(3-10)6(13)9(7)4-11;6-1-4-3(8)5-2-7/h10-11H,3-4H2,1-2H3;6-7H,1-2H2,(H2,4,5,8). The molecule has 1 aliphatic rings. The Balaban J connectivity index is 0.000000433. The fourth-order valence-corrected chi connectivity index (χ4v) is 1.49. The second kappa shape index (κ2) is 8.36. The lowest BCUT2D eigenvalue weighted by Gasteiger charge is -2.24. The largest absolute Gasteiger partial charge is 0.376 e. The molecule has 0 atom stereocenters. The number of aliphatic hydroxyl groups excluding tert-OH is 4. The van der Waals surface area contributed by atoms with E-state index in [2.05, 4.69) is 0 Å². The average Bonchev–Trinajstić information content (AvgIpc) is 2.57. The molecule has 0 aromatic rings. The number of aliphatic hydroxyl groups is 4. The summed E-state index contributed by atoms with van der Waals surface area (Å²) in [5, 5.41) is 37.6. The SMILES string of the molecule is CC1(C)C(=O)N(CO)C(=O)N1CO.O=C(NCO)NCO. The molecule has 1 heterocycles. The molecule has 122 valence electrons. The molecule has 0 bridgehead atoms. The zero-order chi connectivity index (χ0) is 16.6. The van der Waals surface area contributed by atoms with E-state index in [9.17, 15) is 14.4 Å². The Morgan fingerprint density at radius 3 is 1.76 bits per heavy atom. The maximum absolute atomic E-state index is 11.4. The first kappa shape index (κ1) is 19.1. The van der Waals surface area contributed by atoms with E-state index < -0.39 is 50.4 Å². The van der Waals surface area contributed by atoms with Gasteiger partial charge in [-0.2, -0.15) is 0 Å². The van der Waals surface area contributed by atoms with Crippen molar-refractivity contribution in [3.63, 3.8) is 0 Å². The van der Waals surface area contributed by atoms with Crippen molar-refractivity contribution in [3.05, 3.63) is 0 Å². The van der Waals surface area contributed by atoms with Crippen LogP contribution in [0.15, 0.2) is 0 Å². The van der Waals surface area contributed by atoms with Gasteiger partial charge in [-0.1, -0.05) is 0 Å². The van der Waals surface area contributed by atoms with Crippen molar-refractivity contribution >= 4 is 18.0 Å². The Labute approximate surface area is 120 Å². The number of imide groups is 1. The Morgan fingerprint density at radius 1 is 1.05 bits per heavy atom. The van der Waals surface area contributed by atoms with Gasteiger partial charge in [0.05, 0.1) is 0 Å². The molecule has 0 radical (unpaired) electrons. The van der Waals surface area contributed by atoms with Crippen LogP contribution in [-0.2, 0) is 4.79 Å².